The Hall–Kier alpha value is 1.77. The highest BCUT2D eigenvalue weighted by atomic mass is 127. The van der Waals surface area contributed by atoms with E-state index in [1.54, 1.807) is 0 Å². The Morgan fingerprint density at radius 2 is 1.30 bits per heavy atom. The van der Waals surface area contributed by atoms with E-state index in [0.717, 1.165) is 10.9 Å². The predicted molar refractivity (Wildman–Crippen MR) is 88.5 cm³/mol. The molecule has 0 bridgehead atoms. The molecule has 0 radical (unpaired) electrons. The van der Waals surface area contributed by atoms with Crippen molar-refractivity contribution in [3.8, 4) is 0 Å². The first-order valence-corrected chi connectivity index (χ1v) is 9.90. The molecule has 0 aliphatic heterocycles. The van der Waals surface area contributed by atoms with E-state index in [2.05, 4.69) is 34.6 Å². The van der Waals surface area contributed by atoms with Crippen molar-refractivity contribution in [3.05, 3.63) is 0 Å². The molecule has 1 atom stereocenters. The minimum Gasteiger partial charge on any atom is -1.00 e. The number of halogens is 2. The fourth-order valence-electron chi connectivity index (χ4n) is 2.88. The van der Waals surface area contributed by atoms with Gasteiger partial charge in [-0.3, -0.25) is 0 Å². The van der Waals surface area contributed by atoms with Gasteiger partial charge in [0.1, 0.15) is 17.3 Å². The van der Waals surface area contributed by atoms with Crippen molar-refractivity contribution in [3.63, 3.8) is 0 Å². The van der Waals surface area contributed by atoms with Gasteiger partial charge >= 0.3 is 0 Å². The molecular weight excluding hydrogens is 492 g/mol. The largest absolute Gasteiger partial charge is 1.00 e. The van der Waals surface area contributed by atoms with Crippen LogP contribution in [-0.4, -0.2) is 47.9 Å². The van der Waals surface area contributed by atoms with E-state index >= 15 is 0 Å². The van der Waals surface area contributed by atoms with Gasteiger partial charge in [-0.15, -0.1) is 0 Å². The molecule has 0 aliphatic rings. The van der Waals surface area contributed by atoms with Crippen LogP contribution < -0.4 is 48.0 Å². The summed E-state index contributed by atoms with van der Waals surface area (Å²) in [6, 6.07) is 0. The van der Waals surface area contributed by atoms with Crippen LogP contribution in [0.3, 0.4) is 0 Å². The van der Waals surface area contributed by atoms with Gasteiger partial charge in [-0.05, 0) is 50.9 Å². The van der Waals surface area contributed by atoms with E-state index in [1.165, 1.54) is 73.6 Å². The molecule has 0 rings (SSSR count). The maximum absolute atomic E-state index is 2.37. The third-order valence-corrected chi connectivity index (χ3v) is 6.92. The summed E-state index contributed by atoms with van der Waals surface area (Å²) in [5.74, 6) is 4.36. The lowest BCUT2D eigenvalue weighted by molar-refractivity contribution is -0.925. The van der Waals surface area contributed by atoms with Crippen LogP contribution in [0.1, 0.15) is 60.3 Å². The van der Waals surface area contributed by atoms with Crippen LogP contribution in [0.5, 0.6) is 0 Å². The molecule has 0 aliphatic carbocycles. The molecule has 0 saturated carbocycles. The second-order valence-electron chi connectivity index (χ2n) is 5.44. The molecule has 0 aromatic rings. The predicted octanol–water partition coefficient (Wildman–Crippen LogP) is -1.91. The van der Waals surface area contributed by atoms with E-state index in [-0.39, 0.29) is 48.0 Å². The summed E-state index contributed by atoms with van der Waals surface area (Å²) in [4.78, 5) is 0. The molecule has 1 nitrogen and oxygen atoms in total. The normalized spacial score (nSPS) is 12.4. The fourth-order valence-corrected chi connectivity index (χ4v) is 4.85. The first-order chi connectivity index (χ1) is 8.67. The summed E-state index contributed by atoms with van der Waals surface area (Å²) in [6.07, 6.45) is 5.60. The molecule has 0 aromatic heterocycles. The van der Waals surface area contributed by atoms with Gasteiger partial charge in [-0.2, -0.15) is 0 Å². The molecule has 4 heteroatoms. The van der Waals surface area contributed by atoms with Gasteiger partial charge in [-0.1, -0.05) is 13.8 Å². The van der Waals surface area contributed by atoms with Crippen molar-refractivity contribution in [1.29, 1.82) is 0 Å². The van der Waals surface area contributed by atoms with Gasteiger partial charge in [0.05, 0.1) is 26.2 Å². The molecule has 20 heavy (non-hydrogen) atoms. The zero-order chi connectivity index (χ0) is 13.9. The average molecular weight is 529 g/mol. The van der Waals surface area contributed by atoms with Crippen molar-refractivity contribution in [2.24, 2.45) is 0 Å². The summed E-state index contributed by atoms with van der Waals surface area (Å²) in [5.41, 5.74) is 0. The first-order valence-electron chi connectivity index (χ1n) is 8.17. The summed E-state index contributed by atoms with van der Waals surface area (Å²) in [7, 11) is 0.726. The maximum Gasteiger partial charge on any atom is 0.108 e. The Labute approximate surface area is 166 Å². The lowest BCUT2D eigenvalue weighted by Crippen LogP contribution is -3.00. The monoisotopic (exact) mass is 529 g/mol. The fraction of sp³-hybridized carbons (Fsp3) is 1.00. The average Bonchev–Trinajstić information content (AvgIpc) is 2.41. The van der Waals surface area contributed by atoms with E-state index in [4.69, 9.17) is 0 Å². The molecule has 0 amide bonds. The zero-order valence-corrected chi connectivity index (χ0v) is 19.5. The van der Waals surface area contributed by atoms with Gasteiger partial charge in [0.15, 0.2) is 0 Å². The topological polar surface area (TPSA) is 0 Å². The van der Waals surface area contributed by atoms with Crippen LogP contribution in [0, 0.1) is 0 Å². The highest BCUT2D eigenvalue weighted by Gasteiger charge is 2.22. The maximum atomic E-state index is 2.37. The number of quaternary nitrogens is 1. The third-order valence-electron chi connectivity index (χ3n) is 4.26. The second kappa shape index (κ2) is 17.1. The Bertz CT molecular complexity index is 187. The molecular formula is C16H37I2NS. The van der Waals surface area contributed by atoms with Crippen molar-refractivity contribution < 1.29 is 52.4 Å². The van der Waals surface area contributed by atoms with Crippen molar-refractivity contribution in [1.82, 2.24) is 0 Å². The van der Waals surface area contributed by atoms with Crippen LogP contribution in [0.2, 0.25) is 0 Å². The molecule has 0 N–H and O–H groups in total. The molecule has 0 heterocycles. The van der Waals surface area contributed by atoms with Crippen LogP contribution >= 0.6 is 0 Å². The number of nitrogens with zero attached hydrogens (tertiary/aromatic N) is 1. The molecule has 1 unspecified atom stereocenters. The molecule has 126 valence electrons. The van der Waals surface area contributed by atoms with Gasteiger partial charge < -0.3 is 52.4 Å². The quantitative estimate of drug-likeness (QED) is 0.120. The van der Waals surface area contributed by atoms with Crippen molar-refractivity contribution >= 4 is 10.9 Å². The second-order valence-corrected chi connectivity index (χ2v) is 8.06. The van der Waals surface area contributed by atoms with Crippen molar-refractivity contribution in [2.45, 2.75) is 60.3 Å². The smallest absolute Gasteiger partial charge is 0.108 e. The van der Waals surface area contributed by atoms with Crippen LogP contribution in [0.4, 0.5) is 0 Å². The van der Waals surface area contributed by atoms with Gasteiger partial charge in [-0.25, -0.2) is 0 Å². The Kier molecular flexibility index (Phi) is 22.8. The SMILES string of the molecule is CCC[S+](CC)CCCC[N+](CC)(CC)CCC.[I-].[I-]. The first kappa shape index (κ1) is 26.7. The van der Waals surface area contributed by atoms with E-state index in [0.29, 0.717) is 0 Å². The van der Waals surface area contributed by atoms with Crippen LogP contribution in [-0.2, 0) is 10.9 Å². The third kappa shape index (κ3) is 11.4. The number of hydrogen-bond donors (Lipinski definition) is 0. The summed E-state index contributed by atoms with van der Waals surface area (Å²) >= 11 is 0. The summed E-state index contributed by atoms with van der Waals surface area (Å²) < 4.78 is 1.35. The van der Waals surface area contributed by atoms with E-state index in [1.807, 2.05) is 0 Å². The van der Waals surface area contributed by atoms with E-state index in [9.17, 15) is 0 Å². The number of hydrogen-bond acceptors (Lipinski definition) is 0. The number of rotatable bonds is 12. The summed E-state index contributed by atoms with van der Waals surface area (Å²) in [6.45, 7) is 17.2. The lowest BCUT2D eigenvalue weighted by atomic mass is 10.2. The minimum atomic E-state index is 0. The van der Waals surface area contributed by atoms with Gasteiger partial charge in [0.25, 0.3) is 0 Å². The highest BCUT2D eigenvalue weighted by Crippen LogP contribution is 2.12. The molecule has 0 saturated heterocycles. The molecule has 0 fully saturated rings. The Morgan fingerprint density at radius 3 is 1.70 bits per heavy atom. The van der Waals surface area contributed by atoms with Crippen LogP contribution in [0.25, 0.3) is 0 Å². The van der Waals surface area contributed by atoms with Gasteiger partial charge in [0, 0.05) is 6.42 Å². The van der Waals surface area contributed by atoms with Gasteiger partial charge in [0.2, 0.25) is 0 Å². The van der Waals surface area contributed by atoms with E-state index < -0.39 is 0 Å². The lowest BCUT2D eigenvalue weighted by Gasteiger charge is -2.36. The van der Waals surface area contributed by atoms with Crippen molar-refractivity contribution in [2.75, 3.05) is 43.4 Å². The Balaban J connectivity index is -0.00000144. The Morgan fingerprint density at radius 1 is 0.700 bits per heavy atom. The standard InChI is InChI=1S/C16H37NS.2HI/c1-6-13-17(8-3,9-4)14-11-12-16-18(10-5)15-7-2;;/h6-16H2,1-5H3;2*1H/q+2;;/p-2. The highest BCUT2D eigenvalue weighted by molar-refractivity contribution is 7.96. The zero-order valence-electron chi connectivity index (χ0n) is 14.4. The minimum absolute atomic E-state index is 0. The molecule has 0 spiro atoms. The number of unbranched alkanes of at least 4 members (excludes halogenated alkanes) is 1. The molecule has 0 aromatic carbocycles. The summed E-state index contributed by atoms with van der Waals surface area (Å²) in [5, 5.41) is 0. The van der Waals surface area contributed by atoms with Crippen LogP contribution in [0.15, 0.2) is 0 Å².